The number of sulfonamides is 1. The average molecular weight is 664 g/mol. The molecule has 0 bridgehead atoms. The zero-order chi connectivity index (χ0) is 32.0. The number of pyridine rings is 3. The summed E-state index contributed by atoms with van der Waals surface area (Å²) < 4.78 is 72.5. The molecule has 0 amide bonds. The standard InChI is InChI=1S/C29H25ClF3N5O4S2/c1-3-38-15-18(7-10-24(38)39)44(41,42)37-26(25-20(30)8-9-23(34)36-25)22-13-16-5-4-6-19(27(16)43-22)21-14-17(11-12-35-21)28(2,40)29(31,32)33/h4-15,26,37,40H,3H2,1-2H3,(H2,34,36)/t26?,28-/m0/s1. The van der Waals surface area contributed by atoms with Crippen molar-refractivity contribution >= 4 is 48.9 Å². The quantitative estimate of drug-likeness (QED) is 0.196. The summed E-state index contributed by atoms with van der Waals surface area (Å²) in [6.07, 6.45) is -2.51. The van der Waals surface area contributed by atoms with Crippen LogP contribution in [0.4, 0.5) is 19.0 Å². The summed E-state index contributed by atoms with van der Waals surface area (Å²) in [5, 5.41) is 11.0. The minimum Gasteiger partial charge on any atom is -0.384 e. The Hall–Kier alpha value is -3.82. The first-order chi connectivity index (χ1) is 20.6. The van der Waals surface area contributed by atoms with Gasteiger partial charge in [0.05, 0.1) is 27.3 Å². The maximum atomic E-state index is 13.6. The monoisotopic (exact) mass is 663 g/mol. The summed E-state index contributed by atoms with van der Waals surface area (Å²) in [7, 11) is -4.26. The highest BCUT2D eigenvalue weighted by atomic mass is 35.5. The SMILES string of the molecule is CCn1cc(S(=O)(=O)NC(c2cc3cccc(-c4cc([C@](C)(O)C(F)(F)F)ccn4)c3s2)c2nc(N)ccc2Cl)ccc1=O. The Kier molecular flexibility index (Phi) is 8.33. The number of hydrogen-bond donors (Lipinski definition) is 3. The number of anilines is 1. The lowest BCUT2D eigenvalue weighted by molar-refractivity contribution is -0.258. The Morgan fingerprint density at radius 3 is 2.59 bits per heavy atom. The highest BCUT2D eigenvalue weighted by molar-refractivity contribution is 7.89. The van der Waals surface area contributed by atoms with Crippen LogP contribution in [0.2, 0.25) is 5.02 Å². The number of rotatable bonds is 8. The van der Waals surface area contributed by atoms with Crippen molar-refractivity contribution in [2.45, 2.75) is 43.1 Å². The van der Waals surface area contributed by atoms with Crippen LogP contribution in [0.5, 0.6) is 0 Å². The summed E-state index contributed by atoms with van der Waals surface area (Å²) in [5.74, 6) is 0.0904. The van der Waals surface area contributed by atoms with Crippen LogP contribution >= 0.6 is 22.9 Å². The van der Waals surface area contributed by atoms with Gasteiger partial charge in [-0.2, -0.15) is 17.9 Å². The van der Waals surface area contributed by atoms with Gasteiger partial charge in [-0.1, -0.05) is 29.8 Å². The Labute approximate surface area is 258 Å². The van der Waals surface area contributed by atoms with E-state index in [1.165, 1.54) is 41.2 Å². The number of benzene rings is 1. The number of nitrogens with two attached hydrogens (primary N) is 1. The number of aryl methyl sites for hydroxylation is 1. The molecule has 4 aromatic heterocycles. The van der Waals surface area contributed by atoms with E-state index in [0.29, 0.717) is 27.5 Å². The van der Waals surface area contributed by atoms with Crippen LogP contribution in [-0.2, 0) is 22.2 Å². The summed E-state index contributed by atoms with van der Waals surface area (Å²) in [6.45, 7) is 2.62. The van der Waals surface area contributed by atoms with E-state index in [9.17, 15) is 31.5 Å². The Bertz CT molecular complexity index is 2050. The van der Waals surface area contributed by atoms with Crippen LogP contribution in [-0.4, -0.2) is 34.2 Å². The molecular formula is C29H25ClF3N5O4S2. The third-order valence-corrected chi connectivity index (χ3v) is 10.0. The largest absolute Gasteiger partial charge is 0.421 e. The van der Waals surface area contributed by atoms with E-state index in [1.54, 1.807) is 31.2 Å². The van der Waals surface area contributed by atoms with Crippen molar-refractivity contribution in [2.75, 3.05) is 5.73 Å². The molecular weight excluding hydrogens is 639 g/mol. The minimum absolute atomic E-state index is 0.0904. The molecule has 0 saturated carbocycles. The number of aliphatic hydroxyl groups is 1. The van der Waals surface area contributed by atoms with Gasteiger partial charge in [0.25, 0.3) is 5.56 Å². The number of alkyl halides is 3. The fourth-order valence-corrected chi connectivity index (χ4v) is 7.26. The molecule has 0 aliphatic carbocycles. The van der Waals surface area contributed by atoms with Gasteiger partial charge in [0.2, 0.25) is 10.0 Å². The molecule has 0 spiro atoms. The van der Waals surface area contributed by atoms with Crippen molar-refractivity contribution in [3.8, 4) is 11.3 Å². The molecule has 4 heterocycles. The van der Waals surface area contributed by atoms with Gasteiger partial charge < -0.3 is 15.4 Å². The van der Waals surface area contributed by atoms with Crippen LogP contribution in [0.1, 0.15) is 36.0 Å². The Morgan fingerprint density at radius 2 is 1.89 bits per heavy atom. The van der Waals surface area contributed by atoms with Crippen molar-refractivity contribution in [3.63, 3.8) is 0 Å². The first kappa shape index (κ1) is 31.6. The maximum Gasteiger partial charge on any atom is 0.421 e. The van der Waals surface area contributed by atoms with Crippen LogP contribution in [0.3, 0.4) is 0 Å². The van der Waals surface area contributed by atoms with Crippen molar-refractivity contribution in [1.29, 1.82) is 0 Å². The topological polar surface area (TPSA) is 140 Å². The van der Waals surface area contributed by atoms with Crippen molar-refractivity contribution in [2.24, 2.45) is 0 Å². The maximum absolute atomic E-state index is 13.6. The molecule has 2 atom stereocenters. The van der Waals surface area contributed by atoms with Crippen LogP contribution < -0.4 is 16.0 Å². The van der Waals surface area contributed by atoms with E-state index in [1.807, 2.05) is 0 Å². The predicted molar refractivity (Wildman–Crippen MR) is 163 cm³/mol. The first-order valence-corrected chi connectivity index (χ1v) is 15.7. The van der Waals surface area contributed by atoms with Gasteiger partial charge in [-0.3, -0.25) is 9.78 Å². The van der Waals surface area contributed by atoms with Gasteiger partial charge in [-0.25, -0.2) is 13.4 Å². The number of nitrogen functional groups attached to an aromatic ring is 1. The van der Waals surface area contributed by atoms with Crippen LogP contribution in [0.25, 0.3) is 21.3 Å². The second kappa shape index (κ2) is 11.6. The van der Waals surface area contributed by atoms with Gasteiger partial charge >= 0.3 is 6.18 Å². The minimum atomic E-state index is -4.92. The highest BCUT2D eigenvalue weighted by Gasteiger charge is 2.51. The summed E-state index contributed by atoms with van der Waals surface area (Å²) in [5.41, 5.74) is 2.82. The lowest BCUT2D eigenvalue weighted by atomic mass is 9.94. The summed E-state index contributed by atoms with van der Waals surface area (Å²) in [6, 6.07) is 13.2. The molecule has 0 saturated heterocycles. The molecule has 230 valence electrons. The van der Waals surface area contributed by atoms with E-state index in [0.717, 1.165) is 23.5 Å². The van der Waals surface area contributed by atoms with Crippen LogP contribution in [0, 0.1) is 0 Å². The van der Waals surface area contributed by atoms with E-state index in [-0.39, 0.29) is 39.2 Å². The van der Waals surface area contributed by atoms with Gasteiger partial charge in [0, 0.05) is 40.1 Å². The van der Waals surface area contributed by atoms with E-state index in [4.69, 9.17) is 17.3 Å². The molecule has 9 nitrogen and oxygen atoms in total. The van der Waals surface area contributed by atoms with Crippen LogP contribution in [0.15, 0.2) is 82.7 Å². The third-order valence-electron chi connectivity index (χ3n) is 7.05. The highest BCUT2D eigenvalue weighted by Crippen LogP contribution is 2.42. The normalized spacial score (nSPS) is 14.4. The molecule has 5 rings (SSSR count). The molecule has 44 heavy (non-hydrogen) atoms. The fourth-order valence-electron chi connectivity index (χ4n) is 4.53. The van der Waals surface area contributed by atoms with Gasteiger partial charge in [-0.05, 0) is 61.2 Å². The number of halogens is 4. The van der Waals surface area contributed by atoms with Gasteiger partial charge in [0.15, 0.2) is 5.60 Å². The lowest BCUT2D eigenvalue weighted by Crippen LogP contribution is -2.39. The number of fused-ring (bicyclic) bond motifs is 1. The number of aromatic nitrogens is 3. The number of hydrogen-bond acceptors (Lipinski definition) is 8. The first-order valence-electron chi connectivity index (χ1n) is 13.1. The summed E-state index contributed by atoms with van der Waals surface area (Å²) >= 11 is 7.64. The average Bonchev–Trinajstić information content (AvgIpc) is 3.41. The molecule has 5 aromatic rings. The van der Waals surface area contributed by atoms with E-state index in [2.05, 4.69) is 14.7 Å². The molecule has 0 aliphatic heterocycles. The molecule has 0 radical (unpaired) electrons. The molecule has 0 fully saturated rings. The Balaban J connectivity index is 1.65. The fraction of sp³-hybridized carbons (Fsp3) is 0.207. The zero-order valence-corrected chi connectivity index (χ0v) is 25.5. The molecule has 1 unspecified atom stereocenters. The molecule has 15 heteroatoms. The van der Waals surface area contributed by atoms with Gasteiger partial charge in [0.1, 0.15) is 5.82 Å². The van der Waals surface area contributed by atoms with Crippen molar-refractivity contribution in [3.05, 3.63) is 105 Å². The van der Waals surface area contributed by atoms with Gasteiger partial charge in [-0.15, -0.1) is 11.3 Å². The predicted octanol–water partition coefficient (Wildman–Crippen LogP) is 5.61. The molecule has 0 aliphatic rings. The third kappa shape index (κ3) is 5.95. The van der Waals surface area contributed by atoms with E-state index >= 15 is 0 Å². The van der Waals surface area contributed by atoms with Crippen molar-refractivity contribution < 1.29 is 26.7 Å². The van der Waals surface area contributed by atoms with Crippen molar-refractivity contribution in [1.82, 2.24) is 19.3 Å². The molecule has 4 N–H and O–H groups in total. The molecule has 1 aromatic carbocycles. The second-order valence-corrected chi connectivity index (χ2v) is 13.2. The number of nitrogens with one attached hydrogen (secondary N) is 1. The number of thiophene rings is 1. The van der Waals surface area contributed by atoms with E-state index < -0.39 is 33.4 Å². The summed E-state index contributed by atoms with van der Waals surface area (Å²) in [4.78, 5) is 20.9. The lowest BCUT2D eigenvalue weighted by Gasteiger charge is -2.26. The smallest absolute Gasteiger partial charge is 0.384 e. The number of nitrogens with zero attached hydrogens (tertiary/aromatic N) is 3. The zero-order valence-electron chi connectivity index (χ0n) is 23.1. The Morgan fingerprint density at radius 1 is 1.14 bits per heavy atom. The second-order valence-electron chi connectivity index (χ2n) is 10.0.